The summed E-state index contributed by atoms with van der Waals surface area (Å²) < 4.78 is 11.2. The predicted molar refractivity (Wildman–Crippen MR) is 104 cm³/mol. The average molecular weight is 370 g/mol. The minimum atomic E-state index is -0.456. The summed E-state index contributed by atoms with van der Waals surface area (Å²) in [7, 11) is 0. The lowest BCUT2D eigenvalue weighted by atomic mass is 10.0. The molecule has 0 unspecified atom stereocenters. The minimum Gasteiger partial charge on any atom is -0.490 e. The van der Waals surface area contributed by atoms with Gasteiger partial charge in [0.15, 0.2) is 6.61 Å². The Hall–Kier alpha value is -3.02. The van der Waals surface area contributed by atoms with Gasteiger partial charge in [0.1, 0.15) is 11.5 Å². The Kier molecular flexibility index (Phi) is 7.23. The van der Waals surface area contributed by atoms with Crippen LogP contribution in [0.4, 0.5) is 0 Å². The van der Waals surface area contributed by atoms with Gasteiger partial charge in [-0.2, -0.15) is 0 Å². The van der Waals surface area contributed by atoms with Crippen molar-refractivity contribution in [3.63, 3.8) is 0 Å². The van der Waals surface area contributed by atoms with Crippen molar-refractivity contribution in [2.45, 2.75) is 39.7 Å². The zero-order valence-corrected chi connectivity index (χ0v) is 16.1. The number of carbonyl (C=O) groups excluding carboxylic acids is 2. The van der Waals surface area contributed by atoms with E-state index >= 15 is 0 Å². The monoisotopic (exact) mass is 370 g/mol. The highest BCUT2D eigenvalue weighted by molar-refractivity contribution is 5.97. The van der Waals surface area contributed by atoms with E-state index in [0.717, 1.165) is 5.56 Å². The zero-order valence-electron chi connectivity index (χ0n) is 16.1. The van der Waals surface area contributed by atoms with Crippen LogP contribution in [0.2, 0.25) is 0 Å². The summed E-state index contributed by atoms with van der Waals surface area (Å²) in [6.07, 6.45) is -0.0667. The van der Waals surface area contributed by atoms with Crippen molar-refractivity contribution in [2.75, 3.05) is 6.61 Å². The van der Waals surface area contributed by atoms with E-state index < -0.39 is 11.8 Å². The Morgan fingerprint density at radius 1 is 0.889 bits per heavy atom. The number of amides is 2. The number of carbonyl (C=O) groups is 2. The maximum Gasteiger partial charge on any atom is 0.276 e. The fourth-order valence-corrected chi connectivity index (χ4v) is 2.47. The molecule has 0 fully saturated rings. The van der Waals surface area contributed by atoms with Gasteiger partial charge in [-0.05, 0) is 43.5 Å². The molecule has 0 spiro atoms. The van der Waals surface area contributed by atoms with Crippen molar-refractivity contribution in [3.05, 3.63) is 59.7 Å². The van der Waals surface area contributed by atoms with Gasteiger partial charge in [0.2, 0.25) is 0 Å². The predicted octanol–water partition coefficient (Wildman–Crippen LogP) is 3.44. The molecule has 2 N–H and O–H groups in total. The molecule has 0 aliphatic heterocycles. The fraction of sp³-hybridized carbons (Fsp3) is 0.333. The van der Waals surface area contributed by atoms with Gasteiger partial charge in [0.05, 0.1) is 11.7 Å². The molecule has 144 valence electrons. The molecule has 0 saturated carbocycles. The summed E-state index contributed by atoms with van der Waals surface area (Å²) in [5, 5.41) is 0. The third-order valence-electron chi connectivity index (χ3n) is 3.71. The van der Waals surface area contributed by atoms with Crippen LogP contribution in [0, 0.1) is 0 Å². The molecule has 6 heteroatoms. The second-order valence-corrected chi connectivity index (χ2v) is 6.65. The van der Waals surface area contributed by atoms with Crippen molar-refractivity contribution in [1.29, 1.82) is 0 Å². The van der Waals surface area contributed by atoms with E-state index in [1.807, 2.05) is 38.1 Å². The first-order valence-corrected chi connectivity index (χ1v) is 8.95. The van der Waals surface area contributed by atoms with Crippen molar-refractivity contribution in [3.8, 4) is 11.5 Å². The summed E-state index contributed by atoms with van der Waals surface area (Å²) in [6.45, 7) is 7.66. The normalized spacial score (nSPS) is 10.6. The van der Waals surface area contributed by atoms with E-state index in [1.54, 1.807) is 24.3 Å². The maximum absolute atomic E-state index is 12.3. The van der Waals surface area contributed by atoms with Crippen LogP contribution in [0.25, 0.3) is 0 Å². The van der Waals surface area contributed by atoms with Crippen LogP contribution in [0.5, 0.6) is 11.5 Å². The summed E-state index contributed by atoms with van der Waals surface area (Å²) >= 11 is 0. The molecule has 0 aliphatic rings. The molecule has 0 atom stereocenters. The smallest absolute Gasteiger partial charge is 0.276 e. The molecular formula is C21H26N2O4. The van der Waals surface area contributed by atoms with Crippen LogP contribution < -0.4 is 20.3 Å². The minimum absolute atomic E-state index is 0.0667. The summed E-state index contributed by atoms with van der Waals surface area (Å²) in [5.74, 6) is 0.485. The number of benzene rings is 2. The number of para-hydroxylation sites is 2. The molecule has 2 amide bonds. The van der Waals surface area contributed by atoms with Crippen molar-refractivity contribution in [2.24, 2.45) is 0 Å². The van der Waals surface area contributed by atoms with E-state index in [0.29, 0.717) is 17.1 Å². The molecule has 2 rings (SSSR count). The Morgan fingerprint density at radius 3 is 2.19 bits per heavy atom. The van der Waals surface area contributed by atoms with Gasteiger partial charge in [-0.3, -0.25) is 20.4 Å². The van der Waals surface area contributed by atoms with Crippen LogP contribution in [0.15, 0.2) is 48.5 Å². The van der Waals surface area contributed by atoms with E-state index in [2.05, 4.69) is 24.7 Å². The van der Waals surface area contributed by atoms with Gasteiger partial charge < -0.3 is 9.47 Å². The van der Waals surface area contributed by atoms with Gasteiger partial charge in [-0.25, -0.2) is 0 Å². The van der Waals surface area contributed by atoms with Crippen molar-refractivity contribution < 1.29 is 19.1 Å². The SMILES string of the molecule is CC(C)Oc1ccccc1C(=O)NNC(=O)COc1ccccc1C(C)C. The van der Waals surface area contributed by atoms with E-state index in [9.17, 15) is 9.59 Å². The summed E-state index contributed by atoms with van der Waals surface area (Å²) in [5.41, 5.74) is 6.12. The molecule has 2 aromatic rings. The molecule has 0 bridgehead atoms. The second-order valence-electron chi connectivity index (χ2n) is 6.65. The highest BCUT2D eigenvalue weighted by Crippen LogP contribution is 2.25. The molecule has 27 heavy (non-hydrogen) atoms. The zero-order chi connectivity index (χ0) is 19.8. The van der Waals surface area contributed by atoms with E-state index in [4.69, 9.17) is 9.47 Å². The van der Waals surface area contributed by atoms with Gasteiger partial charge >= 0.3 is 0 Å². The van der Waals surface area contributed by atoms with E-state index in [1.165, 1.54) is 0 Å². The lowest BCUT2D eigenvalue weighted by molar-refractivity contribution is -0.123. The fourth-order valence-electron chi connectivity index (χ4n) is 2.47. The van der Waals surface area contributed by atoms with E-state index in [-0.39, 0.29) is 18.6 Å². The molecule has 0 aromatic heterocycles. The first kappa shape index (κ1) is 20.3. The standard InChI is InChI=1S/C21H26N2O4/c1-14(2)16-9-5-7-11-18(16)26-13-20(24)22-23-21(25)17-10-6-8-12-19(17)27-15(3)4/h5-12,14-15H,13H2,1-4H3,(H,22,24)(H,23,25). The van der Waals surface area contributed by atoms with Gasteiger partial charge in [0.25, 0.3) is 11.8 Å². The first-order chi connectivity index (χ1) is 12.9. The molecule has 2 aromatic carbocycles. The topological polar surface area (TPSA) is 76.7 Å². The Morgan fingerprint density at radius 2 is 1.52 bits per heavy atom. The largest absolute Gasteiger partial charge is 0.490 e. The molecule has 6 nitrogen and oxygen atoms in total. The number of nitrogens with one attached hydrogen (secondary N) is 2. The lowest BCUT2D eigenvalue weighted by Crippen LogP contribution is -2.44. The van der Waals surface area contributed by atoms with Crippen molar-refractivity contribution >= 4 is 11.8 Å². The van der Waals surface area contributed by atoms with Crippen LogP contribution in [-0.2, 0) is 4.79 Å². The third-order valence-corrected chi connectivity index (χ3v) is 3.71. The molecule has 0 heterocycles. The highest BCUT2D eigenvalue weighted by atomic mass is 16.5. The number of hydrogen-bond acceptors (Lipinski definition) is 4. The average Bonchev–Trinajstić information content (AvgIpc) is 2.64. The molecule has 0 saturated heterocycles. The second kappa shape index (κ2) is 9.62. The summed E-state index contributed by atoms with van der Waals surface area (Å²) in [4.78, 5) is 24.3. The summed E-state index contributed by atoms with van der Waals surface area (Å²) in [6, 6.07) is 14.4. The maximum atomic E-state index is 12.3. The highest BCUT2D eigenvalue weighted by Gasteiger charge is 2.14. The quantitative estimate of drug-likeness (QED) is 0.732. The lowest BCUT2D eigenvalue weighted by Gasteiger charge is -2.15. The van der Waals surface area contributed by atoms with Gasteiger partial charge in [-0.15, -0.1) is 0 Å². The van der Waals surface area contributed by atoms with Gasteiger partial charge in [-0.1, -0.05) is 44.2 Å². The van der Waals surface area contributed by atoms with Crippen LogP contribution >= 0.6 is 0 Å². The van der Waals surface area contributed by atoms with Crippen LogP contribution in [-0.4, -0.2) is 24.5 Å². The Bertz CT molecular complexity index is 787. The van der Waals surface area contributed by atoms with Gasteiger partial charge in [0, 0.05) is 0 Å². The van der Waals surface area contributed by atoms with Crippen LogP contribution in [0.3, 0.4) is 0 Å². The number of ether oxygens (including phenoxy) is 2. The molecule has 0 aliphatic carbocycles. The number of hydrazine groups is 1. The molecular weight excluding hydrogens is 344 g/mol. The number of rotatable bonds is 7. The Labute approximate surface area is 159 Å². The third kappa shape index (κ3) is 6.02. The van der Waals surface area contributed by atoms with Crippen molar-refractivity contribution in [1.82, 2.24) is 10.9 Å². The van der Waals surface area contributed by atoms with Crippen LogP contribution in [0.1, 0.15) is 49.5 Å². The Balaban J connectivity index is 1.90. The molecule has 0 radical (unpaired) electrons. The number of hydrogen-bond donors (Lipinski definition) is 2. The first-order valence-electron chi connectivity index (χ1n) is 8.95.